The summed E-state index contributed by atoms with van der Waals surface area (Å²) in [6.07, 6.45) is 5.47. The molecule has 12 heteroatoms. The Morgan fingerprint density at radius 1 is 0.569 bits per heavy atom. The van der Waals surface area contributed by atoms with E-state index in [1.165, 1.54) is 13.0 Å². The molecule has 2 aliphatic carbocycles. The van der Waals surface area contributed by atoms with Crippen molar-refractivity contribution in [1.29, 1.82) is 0 Å². The lowest BCUT2D eigenvalue weighted by molar-refractivity contribution is -0.144. The molecule has 268 valence electrons. The van der Waals surface area contributed by atoms with E-state index in [9.17, 15) is 49.2 Å². The Balaban J connectivity index is 0.000000277. The molecule has 2 aromatic carbocycles. The molecule has 0 saturated heterocycles. The highest BCUT2D eigenvalue weighted by molar-refractivity contribution is 6.28. The number of hydrogen-bond donors (Lipinski definition) is 4. The highest BCUT2D eigenvalue weighted by atomic mass is 16.5. The van der Waals surface area contributed by atoms with E-state index in [4.69, 9.17) is 9.47 Å². The molecule has 2 atom stereocenters. The van der Waals surface area contributed by atoms with Crippen LogP contribution in [0.4, 0.5) is 0 Å². The summed E-state index contributed by atoms with van der Waals surface area (Å²) in [7, 11) is 0. The van der Waals surface area contributed by atoms with E-state index >= 15 is 0 Å². The van der Waals surface area contributed by atoms with E-state index in [-0.39, 0.29) is 57.7 Å². The van der Waals surface area contributed by atoms with Crippen LogP contribution in [0, 0.1) is 0 Å². The number of rotatable bonds is 9. The van der Waals surface area contributed by atoms with E-state index in [2.05, 4.69) is 0 Å². The summed E-state index contributed by atoms with van der Waals surface area (Å²) < 4.78 is 10.6. The van der Waals surface area contributed by atoms with Gasteiger partial charge in [0, 0.05) is 37.0 Å². The molecule has 0 aromatic heterocycles. The number of fused-ring (bicyclic) bond motifs is 2. The SMILES string of the molecule is CC(=O)O[C@H](CC=C(C)C)C1=CC(=O)c2c(O)ccc(O)c2C1=O.CC(C)=CC[C@@H](OC(=O)C=C(C)C)C1=CC(=O)c2c(O)ccc(O)c2C1=O. The zero-order valence-corrected chi connectivity index (χ0v) is 29.3. The zero-order valence-electron chi connectivity index (χ0n) is 29.3. The highest BCUT2D eigenvalue weighted by Gasteiger charge is 2.37. The third-order valence-corrected chi connectivity index (χ3v) is 7.51. The van der Waals surface area contributed by atoms with E-state index < -0.39 is 58.8 Å². The molecule has 0 unspecified atom stereocenters. The Morgan fingerprint density at radius 3 is 1.25 bits per heavy atom. The van der Waals surface area contributed by atoms with Crippen molar-refractivity contribution < 1.29 is 58.7 Å². The van der Waals surface area contributed by atoms with Crippen LogP contribution in [0.15, 0.2) is 82.5 Å². The number of benzene rings is 2. The van der Waals surface area contributed by atoms with Crippen molar-refractivity contribution in [3.8, 4) is 23.0 Å². The van der Waals surface area contributed by atoms with Gasteiger partial charge in [0.1, 0.15) is 35.2 Å². The Kier molecular flexibility index (Phi) is 12.8. The van der Waals surface area contributed by atoms with Gasteiger partial charge in [-0.15, -0.1) is 0 Å². The first-order valence-electron chi connectivity index (χ1n) is 15.8. The number of carbonyl (C=O) groups is 6. The number of ether oxygens (including phenoxy) is 2. The van der Waals surface area contributed by atoms with Gasteiger partial charge >= 0.3 is 11.9 Å². The van der Waals surface area contributed by atoms with Crippen molar-refractivity contribution >= 4 is 35.1 Å². The predicted molar refractivity (Wildman–Crippen MR) is 186 cm³/mol. The average molecular weight is 701 g/mol. The number of Topliss-reactive ketones (excluding diaryl/α,β-unsaturated/α-hetero) is 2. The van der Waals surface area contributed by atoms with Crippen LogP contribution in [-0.2, 0) is 19.1 Å². The largest absolute Gasteiger partial charge is 0.507 e. The first-order chi connectivity index (χ1) is 23.8. The first-order valence-corrected chi connectivity index (χ1v) is 15.8. The lowest BCUT2D eigenvalue weighted by Gasteiger charge is -2.23. The van der Waals surface area contributed by atoms with Crippen LogP contribution in [0.5, 0.6) is 23.0 Å². The fourth-order valence-corrected chi connectivity index (χ4v) is 5.22. The van der Waals surface area contributed by atoms with Gasteiger partial charge in [-0.25, -0.2) is 4.79 Å². The number of aromatic hydroxyl groups is 4. The number of carbonyl (C=O) groups excluding carboxylic acids is 6. The normalized spacial score (nSPS) is 14.3. The van der Waals surface area contributed by atoms with Crippen molar-refractivity contribution in [2.45, 2.75) is 73.5 Å². The van der Waals surface area contributed by atoms with Gasteiger partial charge in [-0.2, -0.15) is 0 Å². The minimum atomic E-state index is -0.991. The molecule has 0 heterocycles. The van der Waals surface area contributed by atoms with Crippen molar-refractivity contribution in [3.63, 3.8) is 0 Å². The molecular formula is C39H40O12. The Morgan fingerprint density at radius 2 is 0.922 bits per heavy atom. The maximum absolute atomic E-state index is 12.9. The van der Waals surface area contributed by atoms with Crippen LogP contribution in [0.2, 0.25) is 0 Å². The van der Waals surface area contributed by atoms with Gasteiger partial charge < -0.3 is 29.9 Å². The second kappa shape index (κ2) is 16.6. The summed E-state index contributed by atoms with van der Waals surface area (Å²) >= 11 is 0. The maximum atomic E-state index is 12.9. The van der Waals surface area contributed by atoms with Crippen LogP contribution < -0.4 is 0 Å². The summed E-state index contributed by atoms with van der Waals surface area (Å²) in [4.78, 5) is 73.8. The van der Waals surface area contributed by atoms with Crippen molar-refractivity contribution in [2.75, 3.05) is 0 Å². The van der Waals surface area contributed by atoms with Gasteiger partial charge in [-0.3, -0.25) is 24.0 Å². The molecule has 12 nitrogen and oxygen atoms in total. The van der Waals surface area contributed by atoms with Gasteiger partial charge in [0.2, 0.25) is 0 Å². The number of ketones is 4. The minimum absolute atomic E-state index is 0.0268. The van der Waals surface area contributed by atoms with E-state index in [0.29, 0.717) is 0 Å². The first kappa shape index (κ1) is 39.4. The molecule has 0 spiro atoms. The van der Waals surface area contributed by atoms with Crippen molar-refractivity contribution in [3.05, 3.63) is 105 Å². The number of esters is 2. The van der Waals surface area contributed by atoms with E-state index in [0.717, 1.165) is 53.1 Å². The highest BCUT2D eigenvalue weighted by Crippen LogP contribution is 2.38. The molecule has 4 N–H and O–H groups in total. The van der Waals surface area contributed by atoms with E-state index in [1.807, 2.05) is 27.7 Å². The Labute approximate surface area is 294 Å². The third-order valence-electron chi connectivity index (χ3n) is 7.51. The number of allylic oxidation sites excluding steroid dienone is 5. The molecule has 4 rings (SSSR count). The second-order valence-electron chi connectivity index (χ2n) is 12.6. The average Bonchev–Trinajstić information content (AvgIpc) is 3.02. The lowest BCUT2D eigenvalue weighted by Crippen LogP contribution is -2.28. The van der Waals surface area contributed by atoms with Crippen LogP contribution in [0.1, 0.15) is 103 Å². The lowest BCUT2D eigenvalue weighted by atomic mass is 9.85. The second-order valence-corrected chi connectivity index (χ2v) is 12.6. The molecule has 2 aromatic rings. The molecule has 0 fully saturated rings. The van der Waals surface area contributed by atoms with Crippen LogP contribution >= 0.6 is 0 Å². The Bertz CT molecular complexity index is 1960. The van der Waals surface area contributed by atoms with Gasteiger partial charge in [-0.05, 0) is 78.0 Å². The van der Waals surface area contributed by atoms with Gasteiger partial charge in [0.25, 0.3) is 0 Å². The van der Waals surface area contributed by atoms with Crippen LogP contribution in [0.3, 0.4) is 0 Å². The molecule has 51 heavy (non-hydrogen) atoms. The smallest absolute Gasteiger partial charge is 0.331 e. The van der Waals surface area contributed by atoms with Crippen molar-refractivity contribution in [1.82, 2.24) is 0 Å². The summed E-state index contributed by atoms with van der Waals surface area (Å²) in [5.41, 5.74) is 1.53. The monoisotopic (exact) mass is 700 g/mol. The molecular weight excluding hydrogens is 660 g/mol. The summed E-state index contributed by atoms with van der Waals surface area (Å²) in [5.74, 6) is -5.37. The van der Waals surface area contributed by atoms with Crippen molar-refractivity contribution in [2.24, 2.45) is 0 Å². The van der Waals surface area contributed by atoms with E-state index in [1.54, 1.807) is 26.0 Å². The standard InChI is InChI=1S/C21H22O6.C18H18O6/c1-11(2)5-8-17(27-18(25)9-12(3)4)13-10-16(24)19-14(22)6-7-15(23)20(19)21(13)26;1-9(2)4-7-15(24-10(3)19)11-8-14(22)16-12(20)5-6-13(21)17(16)18(11)23/h5-7,9-10,17,22-23H,8H2,1-4H3;4-6,8,15,20-21H,7H2,1-3H3/t17-;15-/m11/s1. The minimum Gasteiger partial charge on any atom is -0.507 e. The molecule has 0 amide bonds. The number of phenolic OH excluding ortho intramolecular Hbond substituents is 4. The van der Waals surface area contributed by atoms with Gasteiger partial charge in [0.05, 0.1) is 22.3 Å². The van der Waals surface area contributed by atoms with Crippen LogP contribution in [0.25, 0.3) is 0 Å². The molecule has 0 aliphatic heterocycles. The third kappa shape index (κ3) is 9.56. The fourth-order valence-electron chi connectivity index (χ4n) is 5.22. The fraction of sp³-hybridized carbons (Fsp3) is 0.282. The predicted octanol–water partition coefficient (Wildman–Crippen LogP) is 6.33. The number of phenols is 4. The quantitative estimate of drug-likeness (QED) is 0.0982. The molecule has 2 aliphatic rings. The molecule has 0 bridgehead atoms. The summed E-state index contributed by atoms with van der Waals surface area (Å²) in [6, 6.07) is 4.57. The maximum Gasteiger partial charge on any atom is 0.331 e. The molecule has 0 radical (unpaired) electrons. The summed E-state index contributed by atoms with van der Waals surface area (Å²) in [6.45, 7) is 12.1. The topological polar surface area (TPSA) is 202 Å². The summed E-state index contributed by atoms with van der Waals surface area (Å²) in [5, 5.41) is 39.7. The zero-order chi connectivity index (χ0) is 38.3. The van der Waals surface area contributed by atoms with Gasteiger partial charge in [-0.1, -0.05) is 28.9 Å². The number of hydrogen-bond acceptors (Lipinski definition) is 12. The van der Waals surface area contributed by atoms with Gasteiger partial charge in [0.15, 0.2) is 23.1 Å². The van der Waals surface area contributed by atoms with Crippen LogP contribution in [-0.4, -0.2) is 67.7 Å². The molecule has 0 saturated carbocycles. The Hall–Kier alpha value is -6.04.